The van der Waals surface area contributed by atoms with E-state index in [-0.39, 0.29) is 12.5 Å². The molecular formula is C15H14O3. The number of allylic oxidation sites excluding steroid dienone is 3. The molecular weight excluding hydrogens is 228 g/mol. The van der Waals surface area contributed by atoms with Gasteiger partial charge in [-0.15, -0.1) is 0 Å². The van der Waals surface area contributed by atoms with E-state index in [0.717, 1.165) is 11.3 Å². The largest absolute Gasteiger partial charge is 0.482 e. The lowest BCUT2D eigenvalue weighted by Gasteiger charge is -2.12. The fraction of sp³-hybridized carbons (Fsp3) is 0.133. The van der Waals surface area contributed by atoms with Crippen LogP contribution in [0.15, 0.2) is 66.3 Å². The zero-order valence-corrected chi connectivity index (χ0v) is 9.82. The van der Waals surface area contributed by atoms with E-state index in [2.05, 4.69) is 0 Å². The van der Waals surface area contributed by atoms with Crippen LogP contribution in [0.3, 0.4) is 0 Å². The maximum Gasteiger partial charge on any atom is 0.307 e. The molecule has 2 rings (SSSR count). The summed E-state index contributed by atoms with van der Waals surface area (Å²) in [6.07, 6.45) is 8.95. The van der Waals surface area contributed by atoms with Crippen LogP contribution in [0.4, 0.5) is 0 Å². The Bertz CT molecular complexity index is 498. The van der Waals surface area contributed by atoms with Crippen molar-refractivity contribution >= 4 is 5.97 Å². The molecule has 0 spiro atoms. The average molecular weight is 242 g/mol. The molecule has 0 saturated carbocycles. The second-order valence-corrected chi connectivity index (χ2v) is 3.95. The third-order valence-corrected chi connectivity index (χ3v) is 2.47. The van der Waals surface area contributed by atoms with Gasteiger partial charge in [0.05, 0.1) is 6.42 Å². The highest BCUT2D eigenvalue weighted by molar-refractivity contribution is 5.71. The van der Waals surface area contributed by atoms with Crippen LogP contribution in [0.25, 0.3) is 0 Å². The number of hydrogen-bond donors (Lipinski definition) is 1. The molecule has 0 aliphatic heterocycles. The Kier molecular flexibility index (Phi) is 3.97. The van der Waals surface area contributed by atoms with Crippen molar-refractivity contribution in [1.29, 1.82) is 0 Å². The molecule has 1 aromatic rings. The van der Waals surface area contributed by atoms with E-state index < -0.39 is 5.97 Å². The molecule has 0 radical (unpaired) electrons. The number of carbonyl (C=O) groups is 1. The minimum Gasteiger partial charge on any atom is -0.482 e. The monoisotopic (exact) mass is 242 g/mol. The minimum absolute atomic E-state index is 0.00678. The highest BCUT2D eigenvalue weighted by Gasteiger charge is 2.08. The summed E-state index contributed by atoms with van der Waals surface area (Å²) in [5, 5.41) is 8.80. The van der Waals surface area contributed by atoms with Crippen molar-refractivity contribution in [3.8, 4) is 5.75 Å². The summed E-state index contributed by atoms with van der Waals surface area (Å²) < 4.78 is 5.75. The first-order valence-corrected chi connectivity index (χ1v) is 5.73. The van der Waals surface area contributed by atoms with E-state index >= 15 is 0 Å². The summed E-state index contributed by atoms with van der Waals surface area (Å²) in [6, 6.07) is 9.46. The molecule has 3 heteroatoms. The molecule has 0 heterocycles. The maximum absolute atomic E-state index is 10.7. The lowest BCUT2D eigenvalue weighted by atomic mass is 10.1. The molecule has 0 aromatic heterocycles. The van der Waals surface area contributed by atoms with E-state index in [4.69, 9.17) is 9.84 Å². The van der Waals surface area contributed by atoms with E-state index in [1.54, 1.807) is 6.08 Å². The van der Waals surface area contributed by atoms with E-state index in [9.17, 15) is 4.79 Å². The molecule has 0 amide bonds. The zero-order valence-electron chi connectivity index (χ0n) is 9.82. The molecule has 1 N–H and O–H groups in total. The predicted octanol–water partition coefficient (Wildman–Crippen LogP) is 2.96. The fourth-order valence-corrected chi connectivity index (χ4v) is 1.70. The number of benzene rings is 1. The van der Waals surface area contributed by atoms with Crippen molar-refractivity contribution in [2.24, 2.45) is 0 Å². The quantitative estimate of drug-likeness (QED) is 0.882. The summed E-state index contributed by atoms with van der Waals surface area (Å²) in [7, 11) is 0. The smallest absolute Gasteiger partial charge is 0.307 e. The molecule has 0 fully saturated rings. The van der Waals surface area contributed by atoms with E-state index in [1.165, 1.54) is 0 Å². The molecule has 1 aromatic carbocycles. The van der Waals surface area contributed by atoms with E-state index in [1.807, 2.05) is 54.6 Å². The molecule has 1 atom stereocenters. The van der Waals surface area contributed by atoms with Gasteiger partial charge in [0.15, 0.2) is 0 Å². The molecule has 1 aliphatic carbocycles. The number of hydrogen-bond acceptors (Lipinski definition) is 2. The number of para-hydroxylation sites is 1. The number of rotatable bonds is 4. The van der Waals surface area contributed by atoms with Crippen LogP contribution in [0.5, 0.6) is 5.75 Å². The predicted molar refractivity (Wildman–Crippen MR) is 69.5 cm³/mol. The van der Waals surface area contributed by atoms with Gasteiger partial charge < -0.3 is 9.84 Å². The number of aliphatic carboxylic acids is 1. The summed E-state index contributed by atoms with van der Waals surface area (Å²) in [5.41, 5.74) is 0.744. The number of carboxylic acids is 1. The Hall–Kier alpha value is -2.29. The van der Waals surface area contributed by atoms with Crippen LogP contribution in [-0.4, -0.2) is 17.2 Å². The topological polar surface area (TPSA) is 46.5 Å². The highest BCUT2D eigenvalue weighted by Crippen LogP contribution is 2.16. The third-order valence-electron chi connectivity index (χ3n) is 2.47. The summed E-state index contributed by atoms with van der Waals surface area (Å²) in [6.45, 7) is 0. The van der Waals surface area contributed by atoms with Gasteiger partial charge in [-0.05, 0) is 29.9 Å². The van der Waals surface area contributed by atoms with Gasteiger partial charge in [0.25, 0.3) is 0 Å². The summed E-state index contributed by atoms with van der Waals surface area (Å²) in [5.74, 6) is -0.0776. The molecule has 3 nitrogen and oxygen atoms in total. The normalized spacial score (nSPS) is 18.0. The Morgan fingerprint density at radius 3 is 2.72 bits per heavy atom. The second kappa shape index (κ2) is 5.87. The fourth-order valence-electron chi connectivity index (χ4n) is 1.70. The third kappa shape index (κ3) is 3.63. The lowest BCUT2D eigenvalue weighted by molar-refractivity contribution is -0.136. The standard InChI is InChI=1S/C15H14O3/c16-15(17)11-12-6-4-5-9-14(10-12)18-13-7-2-1-3-8-13/h1-10,14H,11H2,(H,16,17). The van der Waals surface area contributed by atoms with Crippen LogP contribution in [0, 0.1) is 0 Å². The van der Waals surface area contributed by atoms with Crippen LogP contribution in [0.1, 0.15) is 6.42 Å². The van der Waals surface area contributed by atoms with Crippen molar-refractivity contribution in [1.82, 2.24) is 0 Å². The minimum atomic E-state index is -0.841. The van der Waals surface area contributed by atoms with Crippen molar-refractivity contribution in [2.75, 3.05) is 0 Å². The van der Waals surface area contributed by atoms with Gasteiger partial charge in [0, 0.05) is 0 Å². The van der Waals surface area contributed by atoms with Crippen molar-refractivity contribution in [3.05, 3.63) is 66.3 Å². The van der Waals surface area contributed by atoms with Gasteiger partial charge >= 0.3 is 5.97 Å². The zero-order chi connectivity index (χ0) is 12.8. The van der Waals surface area contributed by atoms with Gasteiger partial charge in [-0.1, -0.05) is 36.4 Å². The summed E-state index contributed by atoms with van der Waals surface area (Å²) >= 11 is 0. The van der Waals surface area contributed by atoms with Gasteiger partial charge in [-0.2, -0.15) is 0 Å². The molecule has 1 aliphatic rings. The SMILES string of the molecule is O=C(O)CC1=CC(Oc2ccccc2)C=CC=C1. The van der Waals surface area contributed by atoms with Gasteiger partial charge in [-0.25, -0.2) is 0 Å². The first-order valence-electron chi connectivity index (χ1n) is 5.73. The van der Waals surface area contributed by atoms with Gasteiger partial charge in [-0.3, -0.25) is 4.79 Å². The molecule has 18 heavy (non-hydrogen) atoms. The Morgan fingerprint density at radius 2 is 2.00 bits per heavy atom. The van der Waals surface area contributed by atoms with Crippen molar-refractivity contribution in [3.63, 3.8) is 0 Å². The van der Waals surface area contributed by atoms with Crippen LogP contribution >= 0.6 is 0 Å². The molecule has 92 valence electrons. The Morgan fingerprint density at radius 1 is 1.22 bits per heavy atom. The number of carboxylic acid groups (broad SMARTS) is 1. The van der Waals surface area contributed by atoms with E-state index in [0.29, 0.717) is 0 Å². The highest BCUT2D eigenvalue weighted by atomic mass is 16.5. The van der Waals surface area contributed by atoms with Gasteiger partial charge in [0.1, 0.15) is 11.9 Å². The average Bonchev–Trinajstić information content (AvgIpc) is 2.55. The van der Waals surface area contributed by atoms with Gasteiger partial charge in [0.2, 0.25) is 0 Å². The maximum atomic E-state index is 10.7. The first-order chi connectivity index (χ1) is 8.74. The molecule has 0 saturated heterocycles. The van der Waals surface area contributed by atoms with Crippen molar-refractivity contribution < 1.29 is 14.6 Å². The Balaban J connectivity index is 2.10. The Labute approximate surface area is 106 Å². The lowest BCUT2D eigenvalue weighted by Crippen LogP contribution is -2.11. The van der Waals surface area contributed by atoms with Crippen LogP contribution in [0.2, 0.25) is 0 Å². The number of ether oxygens (including phenoxy) is 1. The summed E-state index contributed by atoms with van der Waals surface area (Å²) in [4.78, 5) is 10.7. The second-order valence-electron chi connectivity index (χ2n) is 3.95. The molecule has 0 bridgehead atoms. The van der Waals surface area contributed by atoms with Crippen LogP contribution < -0.4 is 4.74 Å². The van der Waals surface area contributed by atoms with Crippen LogP contribution in [-0.2, 0) is 4.79 Å². The van der Waals surface area contributed by atoms with Crippen molar-refractivity contribution in [2.45, 2.75) is 12.5 Å². The molecule has 1 unspecified atom stereocenters. The first kappa shape index (κ1) is 12.2.